The zero-order valence-corrected chi connectivity index (χ0v) is 10.2. The molecular weight excluding hydrogens is 224 g/mol. The van der Waals surface area contributed by atoms with E-state index in [1.54, 1.807) is 13.8 Å². The van der Waals surface area contributed by atoms with Crippen LogP contribution in [0.2, 0.25) is 0 Å². The Morgan fingerprint density at radius 2 is 1.86 bits per heavy atom. The van der Waals surface area contributed by atoms with Crippen molar-refractivity contribution in [3.63, 3.8) is 0 Å². The van der Waals surface area contributed by atoms with Crippen molar-refractivity contribution in [2.24, 2.45) is 0 Å². The fourth-order valence-corrected chi connectivity index (χ4v) is 3.15. The monoisotopic (exact) mass is 240 g/mol. The molecule has 6 heteroatoms. The standard InChI is InChI=1S/C8H17ClN2O2S/c1-8(2,7-9)10-14(12,13)11-5-3-4-6-11/h10H,3-7H2,1-2H3. The Labute approximate surface area is 90.8 Å². The summed E-state index contributed by atoms with van der Waals surface area (Å²) in [6.45, 7) is 4.78. The molecule has 4 nitrogen and oxygen atoms in total. The van der Waals surface area contributed by atoms with Crippen LogP contribution >= 0.6 is 11.6 Å². The Morgan fingerprint density at radius 3 is 2.29 bits per heavy atom. The third-order valence-electron chi connectivity index (χ3n) is 2.14. The normalized spacial score (nSPS) is 20.2. The van der Waals surface area contributed by atoms with Crippen LogP contribution in [-0.4, -0.2) is 37.2 Å². The second-order valence-corrected chi connectivity index (χ2v) is 6.17. The lowest BCUT2D eigenvalue weighted by Gasteiger charge is -2.26. The van der Waals surface area contributed by atoms with Crippen LogP contribution in [0.5, 0.6) is 0 Å². The van der Waals surface area contributed by atoms with Gasteiger partial charge in [-0.2, -0.15) is 17.4 Å². The van der Waals surface area contributed by atoms with Crippen LogP contribution in [0.25, 0.3) is 0 Å². The van der Waals surface area contributed by atoms with Crippen molar-refractivity contribution in [3.05, 3.63) is 0 Å². The molecule has 0 bridgehead atoms. The smallest absolute Gasteiger partial charge is 0.195 e. The number of rotatable bonds is 4. The van der Waals surface area contributed by atoms with Crippen LogP contribution in [0.1, 0.15) is 26.7 Å². The molecule has 14 heavy (non-hydrogen) atoms. The molecule has 84 valence electrons. The van der Waals surface area contributed by atoms with E-state index in [4.69, 9.17) is 11.6 Å². The first-order valence-corrected chi connectivity index (χ1v) is 6.70. The summed E-state index contributed by atoms with van der Waals surface area (Å²) in [5, 5.41) is 0. The molecule has 0 atom stereocenters. The van der Waals surface area contributed by atoms with Gasteiger partial charge in [0.2, 0.25) is 0 Å². The van der Waals surface area contributed by atoms with Crippen LogP contribution in [0.15, 0.2) is 0 Å². The molecule has 1 saturated heterocycles. The minimum absolute atomic E-state index is 0.264. The van der Waals surface area contributed by atoms with Gasteiger partial charge in [0, 0.05) is 24.5 Å². The Bertz CT molecular complexity index is 284. The molecule has 1 fully saturated rings. The van der Waals surface area contributed by atoms with Gasteiger partial charge >= 0.3 is 0 Å². The topological polar surface area (TPSA) is 49.4 Å². The number of nitrogens with one attached hydrogen (secondary N) is 1. The van der Waals surface area contributed by atoms with Crippen molar-refractivity contribution < 1.29 is 8.42 Å². The first-order chi connectivity index (χ1) is 6.37. The van der Waals surface area contributed by atoms with Gasteiger partial charge in [-0.25, -0.2) is 0 Å². The molecule has 1 aliphatic heterocycles. The number of alkyl halides is 1. The molecule has 1 heterocycles. The van der Waals surface area contributed by atoms with E-state index >= 15 is 0 Å². The van der Waals surface area contributed by atoms with Gasteiger partial charge in [0.25, 0.3) is 10.2 Å². The highest BCUT2D eigenvalue weighted by atomic mass is 35.5. The highest BCUT2D eigenvalue weighted by Crippen LogP contribution is 2.14. The first kappa shape index (κ1) is 12.2. The molecular formula is C8H17ClN2O2S. The van der Waals surface area contributed by atoms with Crippen molar-refractivity contribution in [1.82, 2.24) is 9.03 Å². The molecule has 1 N–H and O–H groups in total. The van der Waals surface area contributed by atoms with E-state index in [2.05, 4.69) is 4.72 Å². The van der Waals surface area contributed by atoms with Crippen molar-refractivity contribution in [3.8, 4) is 0 Å². The highest BCUT2D eigenvalue weighted by molar-refractivity contribution is 7.87. The quantitative estimate of drug-likeness (QED) is 0.744. The minimum atomic E-state index is -3.33. The fourth-order valence-electron chi connectivity index (χ4n) is 1.37. The summed E-state index contributed by atoms with van der Waals surface area (Å²) >= 11 is 5.66. The molecule has 0 unspecified atom stereocenters. The molecule has 0 saturated carbocycles. The molecule has 0 amide bonds. The largest absolute Gasteiger partial charge is 0.279 e. The maximum atomic E-state index is 11.8. The van der Waals surface area contributed by atoms with Gasteiger partial charge in [-0.05, 0) is 26.7 Å². The van der Waals surface area contributed by atoms with Crippen molar-refractivity contribution in [2.75, 3.05) is 19.0 Å². The van der Waals surface area contributed by atoms with E-state index in [-0.39, 0.29) is 5.88 Å². The maximum absolute atomic E-state index is 11.8. The summed E-state index contributed by atoms with van der Waals surface area (Å²) < 4.78 is 27.6. The number of nitrogens with zero attached hydrogens (tertiary/aromatic N) is 1. The number of hydrogen-bond donors (Lipinski definition) is 1. The van der Waals surface area contributed by atoms with E-state index in [0.29, 0.717) is 13.1 Å². The lowest BCUT2D eigenvalue weighted by atomic mass is 10.1. The predicted octanol–water partition coefficient (Wildman–Crippen LogP) is 0.934. The van der Waals surface area contributed by atoms with E-state index in [0.717, 1.165) is 12.8 Å². The van der Waals surface area contributed by atoms with Gasteiger partial charge < -0.3 is 0 Å². The Hall–Kier alpha value is 0.160. The molecule has 0 aliphatic carbocycles. The van der Waals surface area contributed by atoms with Crippen molar-refractivity contribution in [1.29, 1.82) is 0 Å². The average Bonchev–Trinajstić information content (AvgIpc) is 2.54. The summed E-state index contributed by atoms with van der Waals surface area (Å²) in [5.41, 5.74) is -0.580. The average molecular weight is 241 g/mol. The third-order valence-corrected chi connectivity index (χ3v) is 4.67. The summed E-state index contributed by atoms with van der Waals surface area (Å²) in [6.07, 6.45) is 1.89. The Kier molecular flexibility index (Phi) is 3.80. The Balaban J connectivity index is 2.66. The summed E-state index contributed by atoms with van der Waals surface area (Å²) in [6, 6.07) is 0. The maximum Gasteiger partial charge on any atom is 0.279 e. The SMILES string of the molecule is CC(C)(CCl)NS(=O)(=O)N1CCCC1. The molecule has 0 aromatic heterocycles. The van der Waals surface area contributed by atoms with Crippen LogP contribution in [0.4, 0.5) is 0 Å². The van der Waals surface area contributed by atoms with Crippen LogP contribution in [0.3, 0.4) is 0 Å². The third kappa shape index (κ3) is 3.08. The van der Waals surface area contributed by atoms with Gasteiger partial charge in [0.1, 0.15) is 0 Å². The van der Waals surface area contributed by atoms with E-state index in [1.807, 2.05) is 0 Å². The summed E-state index contributed by atoms with van der Waals surface area (Å²) in [7, 11) is -3.33. The summed E-state index contributed by atoms with van der Waals surface area (Å²) in [5.74, 6) is 0.264. The fraction of sp³-hybridized carbons (Fsp3) is 1.00. The second kappa shape index (κ2) is 4.35. The lowest BCUT2D eigenvalue weighted by molar-refractivity contribution is 0.429. The van der Waals surface area contributed by atoms with Gasteiger partial charge in [-0.15, -0.1) is 11.6 Å². The van der Waals surface area contributed by atoms with E-state index < -0.39 is 15.7 Å². The van der Waals surface area contributed by atoms with Crippen LogP contribution in [-0.2, 0) is 10.2 Å². The molecule has 1 rings (SSSR count). The lowest BCUT2D eigenvalue weighted by Crippen LogP contribution is -2.50. The molecule has 1 aliphatic rings. The van der Waals surface area contributed by atoms with E-state index in [1.165, 1.54) is 4.31 Å². The van der Waals surface area contributed by atoms with Crippen LogP contribution in [0, 0.1) is 0 Å². The highest BCUT2D eigenvalue weighted by Gasteiger charge is 2.30. The minimum Gasteiger partial charge on any atom is -0.195 e. The molecule has 0 aromatic rings. The van der Waals surface area contributed by atoms with Crippen LogP contribution < -0.4 is 4.72 Å². The van der Waals surface area contributed by atoms with Crippen molar-refractivity contribution >= 4 is 21.8 Å². The van der Waals surface area contributed by atoms with Gasteiger partial charge in [-0.1, -0.05) is 0 Å². The van der Waals surface area contributed by atoms with Crippen molar-refractivity contribution in [2.45, 2.75) is 32.2 Å². The summed E-state index contributed by atoms with van der Waals surface area (Å²) in [4.78, 5) is 0. The Morgan fingerprint density at radius 1 is 1.36 bits per heavy atom. The zero-order valence-electron chi connectivity index (χ0n) is 8.59. The first-order valence-electron chi connectivity index (χ1n) is 4.72. The number of halogens is 1. The molecule has 0 radical (unpaired) electrons. The number of hydrogen-bond acceptors (Lipinski definition) is 2. The molecule has 0 aromatic carbocycles. The van der Waals surface area contributed by atoms with Gasteiger partial charge in [-0.3, -0.25) is 0 Å². The van der Waals surface area contributed by atoms with Gasteiger partial charge in [0.15, 0.2) is 0 Å². The molecule has 0 spiro atoms. The zero-order chi connectivity index (χ0) is 10.8. The van der Waals surface area contributed by atoms with E-state index in [9.17, 15) is 8.42 Å². The second-order valence-electron chi connectivity index (χ2n) is 4.23. The van der Waals surface area contributed by atoms with Gasteiger partial charge in [0.05, 0.1) is 0 Å². The predicted molar refractivity (Wildman–Crippen MR) is 57.7 cm³/mol.